The predicted molar refractivity (Wildman–Crippen MR) is 87.2 cm³/mol. The van der Waals surface area contributed by atoms with Crippen LogP contribution in [-0.4, -0.2) is 30.4 Å². The second-order valence-electron chi connectivity index (χ2n) is 7.75. The molecular weight excluding hydrogens is 308 g/mol. The van der Waals surface area contributed by atoms with E-state index in [1.54, 1.807) is 12.5 Å². The van der Waals surface area contributed by atoms with Crippen LogP contribution in [0.4, 0.5) is 0 Å². The molecule has 0 radical (unpaired) electrons. The highest BCUT2D eigenvalue weighted by molar-refractivity contribution is 5.04. The fourth-order valence-electron chi connectivity index (χ4n) is 4.15. The molecule has 4 rings (SSSR count). The molecular formula is C19H28O5. The van der Waals surface area contributed by atoms with Crippen LogP contribution in [0.5, 0.6) is 0 Å². The van der Waals surface area contributed by atoms with Gasteiger partial charge in [-0.25, -0.2) is 0 Å². The Morgan fingerprint density at radius 3 is 2.75 bits per heavy atom. The first-order valence-electron chi connectivity index (χ1n) is 9.29. The zero-order chi connectivity index (χ0) is 16.6. The summed E-state index contributed by atoms with van der Waals surface area (Å²) in [7, 11) is 0. The average molecular weight is 336 g/mol. The van der Waals surface area contributed by atoms with Gasteiger partial charge in [0.25, 0.3) is 0 Å². The molecule has 0 amide bonds. The minimum atomic E-state index is -0.437. The molecule has 2 aliphatic heterocycles. The molecule has 3 aliphatic rings. The third kappa shape index (κ3) is 3.27. The second-order valence-corrected chi connectivity index (χ2v) is 7.75. The van der Waals surface area contributed by atoms with Crippen molar-refractivity contribution in [3.05, 3.63) is 24.2 Å². The molecule has 1 aliphatic carbocycles. The second kappa shape index (κ2) is 6.79. The van der Waals surface area contributed by atoms with Crippen LogP contribution in [0.1, 0.15) is 57.9 Å². The third-order valence-electron chi connectivity index (χ3n) is 5.29. The van der Waals surface area contributed by atoms with Crippen LogP contribution in [0.2, 0.25) is 0 Å². The molecule has 0 bridgehead atoms. The Morgan fingerprint density at radius 1 is 1.21 bits per heavy atom. The van der Waals surface area contributed by atoms with Crippen LogP contribution < -0.4 is 0 Å². The summed E-state index contributed by atoms with van der Waals surface area (Å²) in [5, 5.41) is 0. The zero-order valence-electron chi connectivity index (χ0n) is 14.6. The Bertz CT molecular complexity index is 520. The van der Waals surface area contributed by atoms with E-state index in [4.69, 9.17) is 23.4 Å². The fraction of sp³-hybridized carbons (Fsp3) is 0.789. The maximum atomic E-state index is 6.41. The number of furan rings is 1. The summed E-state index contributed by atoms with van der Waals surface area (Å²) in [6, 6.07) is 1.93. The van der Waals surface area contributed by atoms with E-state index in [2.05, 4.69) is 13.8 Å². The largest absolute Gasteiger partial charge is 0.472 e. The topological polar surface area (TPSA) is 50.1 Å². The van der Waals surface area contributed by atoms with Gasteiger partial charge in [0.2, 0.25) is 0 Å². The molecule has 1 aromatic rings. The van der Waals surface area contributed by atoms with Gasteiger partial charge >= 0.3 is 0 Å². The molecule has 0 aromatic carbocycles. The highest BCUT2D eigenvalue weighted by atomic mass is 16.8. The first-order chi connectivity index (χ1) is 11.7. The van der Waals surface area contributed by atoms with Gasteiger partial charge in [-0.1, -0.05) is 20.3 Å². The summed E-state index contributed by atoms with van der Waals surface area (Å²) >= 11 is 0. The number of hydrogen-bond acceptors (Lipinski definition) is 5. The Kier molecular flexibility index (Phi) is 4.69. The molecule has 5 heteroatoms. The Labute approximate surface area is 143 Å². The van der Waals surface area contributed by atoms with Gasteiger partial charge < -0.3 is 23.4 Å². The van der Waals surface area contributed by atoms with Gasteiger partial charge in [0.1, 0.15) is 12.2 Å². The summed E-state index contributed by atoms with van der Waals surface area (Å²) in [5.41, 5.74) is 1.04. The Hall–Kier alpha value is -0.880. The van der Waals surface area contributed by atoms with Gasteiger partial charge in [-0.05, 0) is 31.2 Å². The monoisotopic (exact) mass is 336 g/mol. The van der Waals surface area contributed by atoms with Gasteiger partial charge in [0, 0.05) is 18.4 Å². The van der Waals surface area contributed by atoms with Crippen molar-refractivity contribution >= 4 is 0 Å². The molecule has 5 nitrogen and oxygen atoms in total. The van der Waals surface area contributed by atoms with Gasteiger partial charge in [-0.2, -0.15) is 0 Å². The van der Waals surface area contributed by atoms with E-state index in [9.17, 15) is 0 Å². The number of rotatable bonds is 5. The first kappa shape index (κ1) is 16.6. The van der Waals surface area contributed by atoms with Crippen molar-refractivity contribution in [2.45, 2.75) is 89.4 Å². The van der Waals surface area contributed by atoms with E-state index in [0.29, 0.717) is 12.5 Å². The van der Waals surface area contributed by atoms with Crippen molar-refractivity contribution in [3.63, 3.8) is 0 Å². The van der Waals surface area contributed by atoms with E-state index in [1.807, 2.05) is 6.07 Å². The maximum absolute atomic E-state index is 6.41. The fourth-order valence-corrected chi connectivity index (χ4v) is 4.15. The molecule has 134 valence electrons. The van der Waals surface area contributed by atoms with E-state index < -0.39 is 5.79 Å². The standard InChI is InChI=1S/C19H28O5/c1-13(2)10-15-16(21-12-14-6-9-20-11-14)17-18(22-15)24-19(23-17)7-4-3-5-8-19/h6,9,11,13,15-18H,3-5,7-8,10,12H2,1-2H3/t15-,16+,17-,18-/m1/s1. The molecule has 0 unspecified atom stereocenters. The first-order valence-corrected chi connectivity index (χ1v) is 9.29. The summed E-state index contributed by atoms with van der Waals surface area (Å²) < 4.78 is 30.2. The molecule has 4 atom stereocenters. The van der Waals surface area contributed by atoms with E-state index >= 15 is 0 Å². The number of fused-ring (bicyclic) bond motifs is 1. The van der Waals surface area contributed by atoms with Gasteiger partial charge in [-0.15, -0.1) is 0 Å². The summed E-state index contributed by atoms with van der Waals surface area (Å²) in [4.78, 5) is 0. The molecule has 1 saturated carbocycles. The molecule has 3 fully saturated rings. The van der Waals surface area contributed by atoms with Gasteiger partial charge in [0.05, 0.1) is 25.2 Å². The highest BCUT2D eigenvalue weighted by Gasteiger charge is 2.58. The maximum Gasteiger partial charge on any atom is 0.190 e. The normalized spacial score (nSPS) is 35.0. The minimum Gasteiger partial charge on any atom is -0.472 e. The van der Waals surface area contributed by atoms with Crippen molar-refractivity contribution in [2.24, 2.45) is 5.92 Å². The van der Waals surface area contributed by atoms with E-state index in [1.165, 1.54) is 6.42 Å². The van der Waals surface area contributed by atoms with Crippen LogP contribution in [0.3, 0.4) is 0 Å². The quantitative estimate of drug-likeness (QED) is 0.813. The Morgan fingerprint density at radius 2 is 2.04 bits per heavy atom. The van der Waals surface area contributed by atoms with Crippen LogP contribution >= 0.6 is 0 Å². The highest BCUT2D eigenvalue weighted by Crippen LogP contribution is 2.46. The molecule has 1 spiro atoms. The predicted octanol–water partition coefficient (Wildman–Crippen LogP) is 4.01. The lowest BCUT2D eigenvalue weighted by atomic mass is 9.94. The van der Waals surface area contributed by atoms with Gasteiger partial charge in [-0.3, -0.25) is 0 Å². The van der Waals surface area contributed by atoms with Gasteiger partial charge in [0.15, 0.2) is 12.1 Å². The summed E-state index contributed by atoms with van der Waals surface area (Å²) in [5.74, 6) is 0.102. The molecule has 1 aromatic heterocycles. The zero-order valence-corrected chi connectivity index (χ0v) is 14.6. The van der Waals surface area contributed by atoms with E-state index in [-0.39, 0.29) is 24.6 Å². The van der Waals surface area contributed by atoms with Crippen LogP contribution in [0.15, 0.2) is 23.0 Å². The lowest BCUT2D eigenvalue weighted by Crippen LogP contribution is -2.40. The minimum absolute atomic E-state index is 0.0211. The third-order valence-corrected chi connectivity index (χ3v) is 5.29. The smallest absolute Gasteiger partial charge is 0.190 e. The van der Waals surface area contributed by atoms with Crippen LogP contribution in [0.25, 0.3) is 0 Å². The lowest BCUT2D eigenvalue weighted by molar-refractivity contribution is -0.250. The molecule has 3 heterocycles. The van der Waals surface area contributed by atoms with Crippen LogP contribution in [0, 0.1) is 5.92 Å². The van der Waals surface area contributed by atoms with Crippen LogP contribution in [-0.2, 0) is 25.6 Å². The molecule has 24 heavy (non-hydrogen) atoms. The SMILES string of the molecule is CC(C)C[C@H]1O[C@@H]2OC3(CCCCC3)O[C@@H]2[C@H]1OCc1ccoc1. The lowest BCUT2D eigenvalue weighted by Gasteiger charge is -2.34. The van der Waals surface area contributed by atoms with E-state index in [0.717, 1.165) is 37.7 Å². The van der Waals surface area contributed by atoms with Crippen molar-refractivity contribution in [2.75, 3.05) is 0 Å². The molecule has 0 N–H and O–H groups in total. The van der Waals surface area contributed by atoms with Crippen molar-refractivity contribution in [3.8, 4) is 0 Å². The number of hydrogen-bond donors (Lipinski definition) is 0. The Balaban J connectivity index is 1.46. The molecule has 2 saturated heterocycles. The van der Waals surface area contributed by atoms with Crippen molar-refractivity contribution in [1.82, 2.24) is 0 Å². The van der Waals surface area contributed by atoms with Crippen molar-refractivity contribution < 1.29 is 23.4 Å². The average Bonchev–Trinajstić information content (AvgIpc) is 3.22. The number of ether oxygens (including phenoxy) is 4. The van der Waals surface area contributed by atoms with Crippen molar-refractivity contribution in [1.29, 1.82) is 0 Å². The summed E-state index contributed by atoms with van der Waals surface area (Å²) in [6.07, 6.45) is 9.37. The summed E-state index contributed by atoms with van der Waals surface area (Å²) in [6.45, 7) is 4.92.